The summed E-state index contributed by atoms with van der Waals surface area (Å²) in [5.41, 5.74) is 3.12. The summed E-state index contributed by atoms with van der Waals surface area (Å²) in [6, 6.07) is 7.86. The Balaban J connectivity index is 2.12. The predicted molar refractivity (Wildman–Crippen MR) is 83.4 cm³/mol. The van der Waals surface area contributed by atoms with Crippen molar-refractivity contribution in [1.29, 1.82) is 0 Å². The molecule has 1 aromatic carbocycles. The Morgan fingerprint density at radius 3 is 2.75 bits per heavy atom. The first-order chi connectivity index (χ1) is 9.69. The monoisotopic (exact) mass is 287 g/mol. The van der Waals surface area contributed by atoms with Crippen molar-refractivity contribution in [1.82, 2.24) is 9.97 Å². The number of aromatic nitrogens is 2. The van der Waals surface area contributed by atoms with Gasteiger partial charge in [-0.3, -0.25) is 0 Å². The number of benzene rings is 1. The highest BCUT2D eigenvalue weighted by molar-refractivity contribution is 6.30. The highest BCUT2D eigenvalue weighted by Crippen LogP contribution is 2.40. The second kappa shape index (κ2) is 5.41. The molecule has 0 unspecified atom stereocenters. The minimum atomic E-state index is 0.533. The first-order valence-corrected chi connectivity index (χ1v) is 7.45. The Hall–Kier alpha value is -1.61. The normalized spacial score (nSPS) is 14.3. The van der Waals surface area contributed by atoms with Crippen LogP contribution >= 0.6 is 11.6 Å². The van der Waals surface area contributed by atoms with Crippen LogP contribution in [0.15, 0.2) is 24.3 Å². The first-order valence-electron chi connectivity index (χ1n) is 7.07. The fraction of sp³-hybridized carbons (Fsp3) is 0.375. The van der Waals surface area contributed by atoms with Gasteiger partial charge in [-0.2, -0.15) is 0 Å². The van der Waals surface area contributed by atoms with E-state index in [1.54, 1.807) is 0 Å². The standard InChI is InChI=1S/C16H18ClN3/c1-3-18-15-10(2)14(12-5-4-6-13(17)9-12)19-16(20-15)11-7-8-11/h4-6,9,11H,3,7-8H2,1-2H3,(H,18,19,20). The Morgan fingerprint density at radius 1 is 1.30 bits per heavy atom. The third-order valence-electron chi connectivity index (χ3n) is 3.55. The van der Waals surface area contributed by atoms with Crippen LogP contribution in [0.4, 0.5) is 5.82 Å². The van der Waals surface area contributed by atoms with Gasteiger partial charge in [-0.15, -0.1) is 0 Å². The average Bonchev–Trinajstić information content (AvgIpc) is 3.26. The van der Waals surface area contributed by atoms with Gasteiger partial charge in [-0.05, 0) is 38.8 Å². The van der Waals surface area contributed by atoms with E-state index in [-0.39, 0.29) is 0 Å². The summed E-state index contributed by atoms with van der Waals surface area (Å²) in [6.45, 7) is 5.00. The Labute approximate surface area is 124 Å². The summed E-state index contributed by atoms with van der Waals surface area (Å²) in [7, 11) is 0. The molecule has 4 heteroatoms. The molecule has 104 valence electrons. The lowest BCUT2D eigenvalue weighted by Gasteiger charge is -2.13. The maximum absolute atomic E-state index is 6.10. The number of hydrogen-bond donors (Lipinski definition) is 1. The summed E-state index contributed by atoms with van der Waals surface area (Å²) in [6.07, 6.45) is 2.40. The Kier molecular flexibility index (Phi) is 3.62. The van der Waals surface area contributed by atoms with Crippen LogP contribution < -0.4 is 5.32 Å². The molecular formula is C16H18ClN3. The van der Waals surface area contributed by atoms with Gasteiger partial charge in [0.1, 0.15) is 11.6 Å². The summed E-state index contributed by atoms with van der Waals surface area (Å²) in [4.78, 5) is 9.46. The van der Waals surface area contributed by atoms with E-state index in [0.717, 1.165) is 40.0 Å². The average molecular weight is 288 g/mol. The topological polar surface area (TPSA) is 37.8 Å². The molecule has 2 aromatic rings. The minimum Gasteiger partial charge on any atom is -0.370 e. The molecule has 1 aliphatic rings. The van der Waals surface area contributed by atoms with Crippen molar-refractivity contribution in [3.63, 3.8) is 0 Å². The van der Waals surface area contributed by atoms with Gasteiger partial charge in [-0.1, -0.05) is 23.7 Å². The van der Waals surface area contributed by atoms with E-state index in [9.17, 15) is 0 Å². The zero-order chi connectivity index (χ0) is 14.1. The van der Waals surface area contributed by atoms with E-state index in [4.69, 9.17) is 16.6 Å². The summed E-state index contributed by atoms with van der Waals surface area (Å²) in [5.74, 6) is 2.44. The summed E-state index contributed by atoms with van der Waals surface area (Å²) < 4.78 is 0. The largest absolute Gasteiger partial charge is 0.370 e. The number of rotatable bonds is 4. The second-order valence-electron chi connectivity index (χ2n) is 5.22. The van der Waals surface area contributed by atoms with Crippen molar-refractivity contribution in [2.75, 3.05) is 11.9 Å². The first kappa shape index (κ1) is 13.4. The van der Waals surface area contributed by atoms with Gasteiger partial charge in [0.15, 0.2) is 0 Å². The van der Waals surface area contributed by atoms with Crippen LogP contribution in [0.3, 0.4) is 0 Å². The number of hydrogen-bond acceptors (Lipinski definition) is 3. The molecule has 1 aromatic heterocycles. The van der Waals surface area contributed by atoms with Crippen molar-refractivity contribution < 1.29 is 0 Å². The molecule has 3 rings (SSSR count). The molecule has 0 radical (unpaired) electrons. The van der Waals surface area contributed by atoms with E-state index in [2.05, 4.69) is 24.1 Å². The molecule has 20 heavy (non-hydrogen) atoms. The molecule has 3 nitrogen and oxygen atoms in total. The maximum Gasteiger partial charge on any atom is 0.134 e. The van der Waals surface area contributed by atoms with E-state index in [1.807, 2.05) is 24.3 Å². The summed E-state index contributed by atoms with van der Waals surface area (Å²) in [5, 5.41) is 4.07. The zero-order valence-corrected chi connectivity index (χ0v) is 12.5. The Bertz CT molecular complexity index is 636. The van der Waals surface area contributed by atoms with Crippen LogP contribution in [-0.4, -0.2) is 16.5 Å². The Morgan fingerprint density at radius 2 is 2.10 bits per heavy atom. The number of nitrogens with one attached hydrogen (secondary N) is 1. The van der Waals surface area contributed by atoms with E-state index in [1.165, 1.54) is 12.8 Å². The lowest BCUT2D eigenvalue weighted by atomic mass is 10.1. The molecule has 1 heterocycles. The quantitative estimate of drug-likeness (QED) is 0.905. The van der Waals surface area contributed by atoms with E-state index >= 15 is 0 Å². The van der Waals surface area contributed by atoms with Crippen molar-refractivity contribution in [2.24, 2.45) is 0 Å². The zero-order valence-electron chi connectivity index (χ0n) is 11.8. The van der Waals surface area contributed by atoms with Gasteiger partial charge in [0.2, 0.25) is 0 Å². The van der Waals surface area contributed by atoms with Gasteiger partial charge in [0, 0.05) is 28.6 Å². The summed E-state index contributed by atoms with van der Waals surface area (Å²) >= 11 is 6.10. The lowest BCUT2D eigenvalue weighted by molar-refractivity contribution is 0.918. The minimum absolute atomic E-state index is 0.533. The van der Waals surface area contributed by atoms with Crippen LogP contribution in [0.25, 0.3) is 11.3 Å². The molecule has 0 spiro atoms. The molecule has 1 N–H and O–H groups in total. The molecule has 0 aliphatic heterocycles. The van der Waals surface area contributed by atoms with Crippen LogP contribution in [0.1, 0.15) is 37.1 Å². The molecule has 0 bridgehead atoms. The molecule has 1 aliphatic carbocycles. The van der Waals surface area contributed by atoms with E-state index in [0.29, 0.717) is 5.92 Å². The van der Waals surface area contributed by atoms with Crippen molar-refractivity contribution in [2.45, 2.75) is 32.6 Å². The third kappa shape index (κ3) is 2.63. The highest BCUT2D eigenvalue weighted by atomic mass is 35.5. The van der Waals surface area contributed by atoms with Crippen LogP contribution in [-0.2, 0) is 0 Å². The smallest absolute Gasteiger partial charge is 0.134 e. The molecule has 1 fully saturated rings. The van der Waals surface area contributed by atoms with Gasteiger partial charge in [0.05, 0.1) is 5.69 Å². The fourth-order valence-electron chi connectivity index (χ4n) is 2.31. The molecule has 1 saturated carbocycles. The molecule has 0 saturated heterocycles. The lowest BCUT2D eigenvalue weighted by Crippen LogP contribution is -2.07. The fourth-order valence-corrected chi connectivity index (χ4v) is 2.50. The predicted octanol–water partition coefficient (Wildman–Crippen LogP) is 4.41. The van der Waals surface area contributed by atoms with Crippen molar-refractivity contribution in [3.8, 4) is 11.3 Å². The third-order valence-corrected chi connectivity index (χ3v) is 3.78. The van der Waals surface area contributed by atoms with Crippen LogP contribution in [0.2, 0.25) is 5.02 Å². The van der Waals surface area contributed by atoms with Gasteiger partial charge < -0.3 is 5.32 Å². The highest BCUT2D eigenvalue weighted by Gasteiger charge is 2.28. The maximum atomic E-state index is 6.10. The van der Waals surface area contributed by atoms with Gasteiger partial charge in [0.25, 0.3) is 0 Å². The second-order valence-corrected chi connectivity index (χ2v) is 5.66. The SMILES string of the molecule is CCNc1nc(C2CC2)nc(-c2cccc(Cl)c2)c1C. The van der Waals surface area contributed by atoms with Gasteiger partial charge in [-0.25, -0.2) is 9.97 Å². The molecular weight excluding hydrogens is 270 g/mol. The molecule has 0 atom stereocenters. The van der Waals surface area contributed by atoms with Gasteiger partial charge >= 0.3 is 0 Å². The number of nitrogens with zero attached hydrogens (tertiary/aromatic N) is 2. The molecule has 0 amide bonds. The van der Waals surface area contributed by atoms with Crippen LogP contribution in [0, 0.1) is 6.92 Å². The van der Waals surface area contributed by atoms with E-state index < -0.39 is 0 Å². The van der Waals surface area contributed by atoms with Crippen molar-refractivity contribution >= 4 is 17.4 Å². The number of halogens is 1. The van der Waals surface area contributed by atoms with Crippen molar-refractivity contribution in [3.05, 3.63) is 40.7 Å². The number of anilines is 1. The van der Waals surface area contributed by atoms with Crippen LogP contribution in [0.5, 0.6) is 0 Å².